The lowest BCUT2D eigenvalue weighted by Gasteiger charge is -2.09. The number of hydrogen-bond donors (Lipinski definition) is 1. The van der Waals surface area contributed by atoms with Crippen LogP contribution in [0.1, 0.15) is 17.4 Å². The van der Waals surface area contributed by atoms with Crippen molar-refractivity contribution in [2.45, 2.75) is 13.0 Å². The summed E-state index contributed by atoms with van der Waals surface area (Å²) in [7, 11) is 1.26. The van der Waals surface area contributed by atoms with Crippen LogP contribution >= 0.6 is 11.7 Å². The zero-order chi connectivity index (χ0) is 10.6. The summed E-state index contributed by atoms with van der Waals surface area (Å²) in [5.74, 6) is -0.932. The molecule has 76 valence electrons. The number of carbonyl (C=O) groups excluding carboxylic acids is 2. The predicted molar refractivity (Wildman–Crippen MR) is 48.9 cm³/mol. The largest absolute Gasteiger partial charge is 0.467 e. The lowest BCUT2D eigenvalue weighted by Crippen LogP contribution is -2.39. The number of rotatable bonds is 3. The number of methoxy groups -OCH3 is 1. The topological polar surface area (TPSA) is 81.2 Å². The highest BCUT2D eigenvalue weighted by Gasteiger charge is 2.17. The summed E-state index contributed by atoms with van der Waals surface area (Å²) in [6.45, 7) is 1.53. The van der Waals surface area contributed by atoms with Crippen LogP contribution in [0.25, 0.3) is 0 Å². The van der Waals surface area contributed by atoms with E-state index in [1.165, 1.54) is 20.2 Å². The second kappa shape index (κ2) is 4.66. The van der Waals surface area contributed by atoms with Crippen LogP contribution in [-0.2, 0) is 9.53 Å². The van der Waals surface area contributed by atoms with E-state index in [0.717, 1.165) is 11.7 Å². The second-order valence-electron chi connectivity index (χ2n) is 2.51. The van der Waals surface area contributed by atoms with Gasteiger partial charge in [-0.1, -0.05) is 0 Å². The van der Waals surface area contributed by atoms with Crippen molar-refractivity contribution in [2.24, 2.45) is 0 Å². The Balaban J connectivity index is 2.53. The van der Waals surface area contributed by atoms with E-state index in [0.29, 0.717) is 0 Å². The molecule has 0 fully saturated rings. The molecule has 1 aromatic heterocycles. The molecule has 14 heavy (non-hydrogen) atoms. The zero-order valence-corrected chi connectivity index (χ0v) is 8.50. The normalized spacial score (nSPS) is 11.9. The smallest absolute Gasteiger partial charge is 0.328 e. The van der Waals surface area contributed by atoms with Gasteiger partial charge in [0.15, 0.2) is 5.69 Å². The first-order valence-electron chi connectivity index (χ1n) is 3.81. The molecule has 0 aliphatic heterocycles. The van der Waals surface area contributed by atoms with Gasteiger partial charge in [0.05, 0.1) is 25.0 Å². The maximum absolute atomic E-state index is 11.3. The summed E-state index contributed by atoms with van der Waals surface area (Å²) in [5.41, 5.74) is 0.200. The van der Waals surface area contributed by atoms with Crippen LogP contribution in [-0.4, -0.2) is 33.8 Å². The quantitative estimate of drug-likeness (QED) is 0.708. The lowest BCUT2D eigenvalue weighted by atomic mass is 10.3. The molecular formula is C7H9N3O3S. The van der Waals surface area contributed by atoms with Gasteiger partial charge in [-0.05, 0) is 6.92 Å². The summed E-state index contributed by atoms with van der Waals surface area (Å²) < 4.78 is 11.8. The highest BCUT2D eigenvalue weighted by Crippen LogP contribution is 1.96. The van der Waals surface area contributed by atoms with Crippen molar-refractivity contribution in [3.63, 3.8) is 0 Å². The molecule has 1 unspecified atom stereocenters. The fourth-order valence-corrected chi connectivity index (χ4v) is 1.18. The fraction of sp³-hybridized carbons (Fsp3) is 0.429. The first-order valence-corrected chi connectivity index (χ1v) is 4.54. The highest BCUT2D eigenvalue weighted by molar-refractivity contribution is 6.99. The number of ether oxygens (including phenoxy) is 1. The molecule has 0 radical (unpaired) electrons. The van der Waals surface area contributed by atoms with Gasteiger partial charge in [0.1, 0.15) is 6.04 Å². The molecule has 1 heterocycles. The Morgan fingerprint density at radius 1 is 1.64 bits per heavy atom. The molecule has 1 aromatic rings. The number of esters is 1. The van der Waals surface area contributed by atoms with Gasteiger partial charge in [-0.25, -0.2) is 4.79 Å². The van der Waals surface area contributed by atoms with E-state index in [9.17, 15) is 9.59 Å². The average molecular weight is 215 g/mol. The molecule has 0 saturated heterocycles. The molecule has 0 aromatic carbocycles. The van der Waals surface area contributed by atoms with Crippen molar-refractivity contribution >= 4 is 23.6 Å². The first kappa shape index (κ1) is 10.6. The fourth-order valence-electron chi connectivity index (χ4n) is 0.771. The number of nitrogens with one attached hydrogen (secondary N) is 1. The standard InChI is InChI=1S/C7H9N3O3S/c1-4(7(12)13-2)9-6(11)5-3-8-14-10-5/h3-4H,1-2H3,(H,9,11). The van der Waals surface area contributed by atoms with Crippen molar-refractivity contribution in [2.75, 3.05) is 7.11 Å². The summed E-state index contributed by atoms with van der Waals surface area (Å²) in [4.78, 5) is 22.3. The van der Waals surface area contributed by atoms with E-state index >= 15 is 0 Å². The lowest BCUT2D eigenvalue weighted by molar-refractivity contribution is -0.142. The maximum Gasteiger partial charge on any atom is 0.328 e. The van der Waals surface area contributed by atoms with Crippen molar-refractivity contribution in [3.8, 4) is 0 Å². The van der Waals surface area contributed by atoms with Crippen molar-refractivity contribution < 1.29 is 14.3 Å². The van der Waals surface area contributed by atoms with Crippen LogP contribution in [0, 0.1) is 0 Å². The average Bonchev–Trinajstić information content (AvgIpc) is 2.69. The SMILES string of the molecule is COC(=O)C(C)NC(=O)c1cnsn1. The van der Waals surface area contributed by atoms with Crippen LogP contribution in [0.4, 0.5) is 0 Å². The number of amides is 1. The minimum absolute atomic E-state index is 0.200. The molecule has 1 amide bonds. The molecule has 1 N–H and O–H groups in total. The minimum atomic E-state index is -0.686. The Labute approximate surface area is 84.6 Å². The Morgan fingerprint density at radius 2 is 2.36 bits per heavy atom. The van der Waals surface area contributed by atoms with E-state index in [1.54, 1.807) is 0 Å². The van der Waals surface area contributed by atoms with Gasteiger partial charge in [0.2, 0.25) is 0 Å². The molecule has 0 aliphatic rings. The van der Waals surface area contributed by atoms with E-state index in [2.05, 4.69) is 18.8 Å². The van der Waals surface area contributed by atoms with E-state index in [4.69, 9.17) is 0 Å². The number of nitrogens with zero attached hydrogens (tertiary/aromatic N) is 2. The molecule has 6 nitrogen and oxygen atoms in total. The summed E-state index contributed by atoms with van der Waals surface area (Å²) in [5, 5.41) is 2.42. The third-order valence-electron chi connectivity index (χ3n) is 1.50. The molecule has 7 heteroatoms. The zero-order valence-electron chi connectivity index (χ0n) is 7.68. The molecule has 1 atom stereocenters. The summed E-state index contributed by atoms with van der Waals surface area (Å²) >= 11 is 0.932. The van der Waals surface area contributed by atoms with Gasteiger partial charge >= 0.3 is 5.97 Å². The molecule has 0 bridgehead atoms. The van der Waals surface area contributed by atoms with Gasteiger partial charge in [-0.2, -0.15) is 8.75 Å². The third kappa shape index (κ3) is 2.49. The molecule has 1 rings (SSSR count). The van der Waals surface area contributed by atoms with Crippen LogP contribution in [0.3, 0.4) is 0 Å². The minimum Gasteiger partial charge on any atom is -0.467 e. The number of carbonyl (C=O) groups is 2. The van der Waals surface area contributed by atoms with Crippen LogP contribution < -0.4 is 5.32 Å². The van der Waals surface area contributed by atoms with Crippen LogP contribution in [0.5, 0.6) is 0 Å². The predicted octanol–water partition coefficient (Wildman–Crippen LogP) is -0.171. The Bertz CT molecular complexity index is 325. The van der Waals surface area contributed by atoms with Crippen molar-refractivity contribution in [1.82, 2.24) is 14.1 Å². The maximum atomic E-state index is 11.3. The third-order valence-corrected chi connectivity index (χ3v) is 1.97. The van der Waals surface area contributed by atoms with Crippen LogP contribution in [0.15, 0.2) is 6.20 Å². The van der Waals surface area contributed by atoms with E-state index < -0.39 is 17.9 Å². The monoisotopic (exact) mass is 215 g/mol. The van der Waals surface area contributed by atoms with E-state index in [-0.39, 0.29) is 5.69 Å². The molecule has 0 aliphatic carbocycles. The molecule has 0 spiro atoms. The van der Waals surface area contributed by atoms with Gasteiger partial charge in [-0.3, -0.25) is 4.79 Å². The number of aromatic nitrogens is 2. The Morgan fingerprint density at radius 3 is 2.86 bits per heavy atom. The highest BCUT2D eigenvalue weighted by atomic mass is 32.1. The van der Waals surface area contributed by atoms with Gasteiger partial charge < -0.3 is 10.1 Å². The van der Waals surface area contributed by atoms with Gasteiger partial charge in [0.25, 0.3) is 5.91 Å². The number of hydrogen-bond acceptors (Lipinski definition) is 6. The Kier molecular flexibility index (Phi) is 3.52. The first-order chi connectivity index (χ1) is 6.65. The second-order valence-corrected chi connectivity index (χ2v) is 3.07. The Hall–Kier alpha value is -1.50. The summed E-state index contributed by atoms with van der Waals surface area (Å²) in [6, 6.07) is -0.686. The van der Waals surface area contributed by atoms with Crippen molar-refractivity contribution in [3.05, 3.63) is 11.9 Å². The molecule has 0 saturated carbocycles. The summed E-state index contributed by atoms with van der Waals surface area (Å²) in [6.07, 6.45) is 1.34. The van der Waals surface area contributed by atoms with Gasteiger partial charge in [-0.15, -0.1) is 0 Å². The molecular weight excluding hydrogens is 206 g/mol. The van der Waals surface area contributed by atoms with E-state index in [1.807, 2.05) is 0 Å². The van der Waals surface area contributed by atoms with Crippen LogP contribution in [0.2, 0.25) is 0 Å². The van der Waals surface area contributed by atoms with Crippen molar-refractivity contribution in [1.29, 1.82) is 0 Å². The van der Waals surface area contributed by atoms with Gasteiger partial charge in [0, 0.05) is 0 Å².